The average molecular weight is 386 g/mol. The van der Waals surface area contributed by atoms with Crippen LogP contribution in [0.3, 0.4) is 0 Å². The van der Waals surface area contributed by atoms with Crippen LogP contribution in [0.4, 0.5) is 0 Å². The molecule has 0 amide bonds. The minimum absolute atomic E-state index is 0.243. The van der Waals surface area contributed by atoms with E-state index < -0.39 is 46.4 Å². The van der Waals surface area contributed by atoms with Crippen molar-refractivity contribution in [2.24, 2.45) is 5.41 Å². The maximum atomic E-state index is 13.1. The van der Waals surface area contributed by atoms with Crippen molar-refractivity contribution in [2.45, 2.75) is 69.5 Å². The molecular weight excluding hydrogens is 360 g/mol. The standard InChI is InChI=1S/C22H26O6/c1-19(2)12-10-16-21(4)15(26-17(23)14-8-6-5-7-9-14)11-13-20(3,25)22(21,28-19)18(24)27-16/h5-10,12,15-16,25H,11,13H2,1-4H3. The van der Waals surface area contributed by atoms with Gasteiger partial charge in [0.2, 0.25) is 5.60 Å². The largest absolute Gasteiger partial charge is 0.458 e. The Bertz CT molecular complexity index is 842. The zero-order valence-electron chi connectivity index (χ0n) is 16.6. The van der Waals surface area contributed by atoms with E-state index >= 15 is 0 Å². The first kappa shape index (κ1) is 19.2. The summed E-state index contributed by atoms with van der Waals surface area (Å²) in [7, 11) is 0. The molecule has 5 unspecified atom stereocenters. The van der Waals surface area contributed by atoms with Crippen LogP contribution < -0.4 is 0 Å². The van der Waals surface area contributed by atoms with Crippen molar-refractivity contribution >= 4 is 11.9 Å². The Morgan fingerprint density at radius 2 is 1.86 bits per heavy atom. The summed E-state index contributed by atoms with van der Waals surface area (Å²) < 4.78 is 17.9. The molecule has 4 rings (SSSR count). The third-order valence-electron chi connectivity index (χ3n) is 6.54. The second kappa shape index (κ2) is 5.91. The fourth-order valence-corrected chi connectivity index (χ4v) is 5.04. The number of esters is 2. The molecule has 1 aliphatic carbocycles. The maximum absolute atomic E-state index is 13.1. The summed E-state index contributed by atoms with van der Waals surface area (Å²) in [6, 6.07) is 8.72. The third-order valence-corrected chi connectivity index (χ3v) is 6.54. The van der Waals surface area contributed by atoms with E-state index in [2.05, 4.69) is 0 Å². The number of benzene rings is 1. The van der Waals surface area contributed by atoms with Crippen LogP contribution in [-0.4, -0.2) is 46.1 Å². The summed E-state index contributed by atoms with van der Waals surface area (Å²) in [4.78, 5) is 25.8. The molecule has 5 atom stereocenters. The summed E-state index contributed by atoms with van der Waals surface area (Å²) in [5.74, 6) is -1.08. The molecule has 1 aromatic carbocycles. The van der Waals surface area contributed by atoms with Crippen LogP contribution in [0.25, 0.3) is 0 Å². The van der Waals surface area contributed by atoms with E-state index in [4.69, 9.17) is 14.2 Å². The van der Waals surface area contributed by atoms with E-state index in [9.17, 15) is 14.7 Å². The molecule has 2 fully saturated rings. The van der Waals surface area contributed by atoms with Crippen molar-refractivity contribution < 1.29 is 28.9 Å². The van der Waals surface area contributed by atoms with Crippen LogP contribution in [-0.2, 0) is 19.0 Å². The van der Waals surface area contributed by atoms with Crippen molar-refractivity contribution in [3.63, 3.8) is 0 Å². The highest BCUT2D eigenvalue weighted by Gasteiger charge is 2.79. The van der Waals surface area contributed by atoms with Crippen molar-refractivity contribution in [3.8, 4) is 0 Å². The molecule has 0 aromatic heterocycles. The van der Waals surface area contributed by atoms with Crippen molar-refractivity contribution in [1.29, 1.82) is 0 Å². The minimum Gasteiger partial charge on any atom is -0.458 e. The number of hydrogen-bond acceptors (Lipinski definition) is 6. The fourth-order valence-electron chi connectivity index (χ4n) is 5.04. The molecule has 2 aliphatic heterocycles. The van der Waals surface area contributed by atoms with E-state index in [0.29, 0.717) is 12.0 Å². The van der Waals surface area contributed by atoms with E-state index in [1.165, 1.54) is 0 Å². The molecule has 150 valence electrons. The second-order valence-electron chi connectivity index (χ2n) is 8.93. The lowest BCUT2D eigenvalue weighted by Gasteiger charge is -2.56. The number of rotatable bonds is 2. The predicted molar refractivity (Wildman–Crippen MR) is 101 cm³/mol. The van der Waals surface area contributed by atoms with Gasteiger partial charge < -0.3 is 19.3 Å². The van der Waals surface area contributed by atoms with Crippen LogP contribution in [0.2, 0.25) is 0 Å². The Morgan fingerprint density at radius 3 is 2.54 bits per heavy atom. The first-order valence-electron chi connectivity index (χ1n) is 9.62. The molecule has 0 spiro atoms. The van der Waals surface area contributed by atoms with Crippen LogP contribution >= 0.6 is 0 Å². The van der Waals surface area contributed by atoms with Crippen LogP contribution in [0.1, 0.15) is 50.9 Å². The first-order chi connectivity index (χ1) is 13.0. The summed E-state index contributed by atoms with van der Waals surface area (Å²) in [5.41, 5.74) is -4.53. The molecule has 1 aromatic rings. The lowest BCUT2D eigenvalue weighted by Crippen LogP contribution is -2.73. The lowest BCUT2D eigenvalue weighted by molar-refractivity contribution is -0.276. The monoisotopic (exact) mass is 386 g/mol. The molecular formula is C22H26O6. The lowest BCUT2D eigenvalue weighted by atomic mass is 9.55. The Balaban J connectivity index is 1.79. The molecule has 0 radical (unpaired) electrons. The predicted octanol–water partition coefficient (Wildman–Crippen LogP) is 2.79. The zero-order chi connectivity index (χ0) is 20.4. The molecule has 1 saturated heterocycles. The Kier molecular flexibility index (Phi) is 4.04. The van der Waals surface area contributed by atoms with Gasteiger partial charge in [0, 0.05) is 0 Å². The van der Waals surface area contributed by atoms with Gasteiger partial charge >= 0.3 is 11.9 Å². The average Bonchev–Trinajstić information content (AvgIpc) is 2.80. The topological polar surface area (TPSA) is 82.1 Å². The quantitative estimate of drug-likeness (QED) is 0.622. The van der Waals surface area contributed by atoms with Crippen molar-refractivity contribution in [3.05, 3.63) is 48.0 Å². The van der Waals surface area contributed by atoms with Crippen LogP contribution in [0.15, 0.2) is 42.5 Å². The summed E-state index contributed by atoms with van der Waals surface area (Å²) in [6.45, 7) is 7.08. The third kappa shape index (κ3) is 2.40. The molecule has 6 nitrogen and oxygen atoms in total. The van der Waals surface area contributed by atoms with Crippen LogP contribution in [0, 0.1) is 5.41 Å². The van der Waals surface area contributed by atoms with E-state index in [-0.39, 0.29) is 6.42 Å². The summed E-state index contributed by atoms with van der Waals surface area (Å²) in [6.07, 6.45) is 2.94. The number of carbonyl (C=O) groups excluding carboxylic acids is 2. The van der Waals surface area contributed by atoms with Gasteiger partial charge in [-0.3, -0.25) is 0 Å². The highest BCUT2D eigenvalue weighted by atomic mass is 16.6. The normalized spacial score (nSPS) is 41.0. The fraction of sp³-hybridized carbons (Fsp3) is 0.545. The van der Waals surface area contributed by atoms with Gasteiger partial charge in [0.1, 0.15) is 17.8 Å². The number of ether oxygens (including phenoxy) is 3. The van der Waals surface area contributed by atoms with Gasteiger partial charge in [-0.2, -0.15) is 0 Å². The molecule has 1 saturated carbocycles. The Labute approximate surface area is 164 Å². The molecule has 1 N–H and O–H groups in total. The van der Waals surface area contributed by atoms with E-state index in [1.54, 1.807) is 37.3 Å². The molecule has 2 bridgehead atoms. The highest BCUT2D eigenvalue weighted by Crippen LogP contribution is 2.62. The maximum Gasteiger partial charge on any atom is 0.343 e. The second-order valence-corrected chi connectivity index (χ2v) is 8.93. The van der Waals surface area contributed by atoms with Gasteiger partial charge in [-0.05, 0) is 58.7 Å². The molecule has 6 heteroatoms. The molecule has 2 heterocycles. The number of hydrogen-bond donors (Lipinski definition) is 1. The number of carbonyl (C=O) groups is 2. The van der Waals surface area contributed by atoms with Crippen molar-refractivity contribution in [2.75, 3.05) is 0 Å². The minimum atomic E-state index is -1.64. The smallest absolute Gasteiger partial charge is 0.343 e. The van der Waals surface area contributed by atoms with Gasteiger partial charge in [0.05, 0.1) is 16.6 Å². The van der Waals surface area contributed by atoms with E-state index in [0.717, 1.165) is 0 Å². The summed E-state index contributed by atoms with van der Waals surface area (Å²) >= 11 is 0. The van der Waals surface area contributed by atoms with Gasteiger partial charge in [-0.25, -0.2) is 9.59 Å². The van der Waals surface area contributed by atoms with Gasteiger partial charge in [0.25, 0.3) is 0 Å². The Morgan fingerprint density at radius 1 is 1.18 bits per heavy atom. The van der Waals surface area contributed by atoms with Gasteiger partial charge in [0.15, 0.2) is 0 Å². The highest BCUT2D eigenvalue weighted by molar-refractivity contribution is 5.90. The molecule has 28 heavy (non-hydrogen) atoms. The zero-order valence-corrected chi connectivity index (χ0v) is 16.6. The van der Waals surface area contributed by atoms with Crippen LogP contribution in [0.5, 0.6) is 0 Å². The van der Waals surface area contributed by atoms with Crippen molar-refractivity contribution in [1.82, 2.24) is 0 Å². The molecule has 3 aliphatic rings. The summed E-state index contributed by atoms with van der Waals surface area (Å²) in [5, 5.41) is 11.3. The van der Waals surface area contributed by atoms with Gasteiger partial charge in [-0.1, -0.05) is 24.3 Å². The van der Waals surface area contributed by atoms with Gasteiger partial charge in [-0.15, -0.1) is 0 Å². The number of aliphatic hydroxyl groups is 1. The SMILES string of the molecule is CC1(C)C=CC2OC(=O)C3(O1)C(C)(O)CCC(OC(=O)c1ccccc1)C23C. The Hall–Kier alpha value is -2.18. The van der Waals surface area contributed by atoms with E-state index in [1.807, 2.05) is 32.9 Å². The first-order valence-corrected chi connectivity index (χ1v) is 9.62.